The minimum Gasteiger partial charge on any atom is -0.296 e. The van der Waals surface area contributed by atoms with Gasteiger partial charge in [-0.1, -0.05) is 65.7 Å². The van der Waals surface area contributed by atoms with Gasteiger partial charge in [-0.25, -0.2) is 0 Å². The van der Waals surface area contributed by atoms with E-state index in [1.807, 2.05) is 0 Å². The van der Waals surface area contributed by atoms with Gasteiger partial charge >= 0.3 is 37.1 Å². The molecule has 3 aromatic carbocycles. The number of hydrogen-bond donors (Lipinski definition) is 0. The smallest absolute Gasteiger partial charge is 0.296 e. The molecule has 0 saturated carbocycles. The average molecular weight is 921 g/mol. The second-order valence-corrected chi connectivity index (χ2v) is 10.8. The topological polar surface area (TPSA) is 12.9 Å². The van der Waals surface area contributed by atoms with E-state index in [0.29, 0.717) is 6.07 Å². The zero-order valence-corrected chi connectivity index (χ0v) is 25.9. The van der Waals surface area contributed by atoms with Crippen LogP contribution in [0, 0.1) is 16.9 Å². The van der Waals surface area contributed by atoms with E-state index in [9.17, 15) is 79.0 Å². The van der Waals surface area contributed by atoms with Gasteiger partial charge in [-0.15, -0.1) is 29.3 Å². The predicted octanol–water partition coefficient (Wildman–Crippen LogP) is 11.3. The van der Waals surface area contributed by atoms with E-state index in [0.717, 1.165) is 12.1 Å². The van der Waals surface area contributed by atoms with E-state index in [4.69, 9.17) is 0 Å². The summed E-state index contributed by atoms with van der Waals surface area (Å²) in [7, 11) is 0. The molecule has 273 valence electrons. The van der Waals surface area contributed by atoms with Crippen molar-refractivity contribution in [3.05, 3.63) is 90.0 Å². The fourth-order valence-electron chi connectivity index (χ4n) is 6.91. The molecule has 0 N–H and O–H groups in total. The zero-order chi connectivity index (χ0) is 37.0. The van der Waals surface area contributed by atoms with Crippen molar-refractivity contribution in [3.8, 4) is 22.4 Å². The number of nitrogens with zero attached hydrogens (tertiary/aromatic N) is 1. The van der Waals surface area contributed by atoms with Crippen molar-refractivity contribution in [3.63, 3.8) is 0 Å². The molecule has 1 nitrogen and oxygen atoms in total. The Morgan fingerprint density at radius 2 is 0.920 bits per heavy atom. The van der Waals surface area contributed by atoms with Crippen LogP contribution in [-0.2, 0) is 25.5 Å². The number of benzene rings is 3. The molecule has 1 radical (unpaired) electrons. The molecular formula is C30H12F18IrN-. The molecule has 4 aromatic rings. The summed E-state index contributed by atoms with van der Waals surface area (Å²) in [6.07, 6.45) is -50.3. The van der Waals surface area contributed by atoms with Gasteiger partial charge in [0.2, 0.25) is 0 Å². The summed E-state index contributed by atoms with van der Waals surface area (Å²) in [5.74, 6) is 0. The Morgan fingerprint density at radius 3 is 1.40 bits per heavy atom. The van der Waals surface area contributed by atoms with Crippen molar-refractivity contribution >= 4 is 10.9 Å². The summed E-state index contributed by atoms with van der Waals surface area (Å²) < 4.78 is 270. The van der Waals surface area contributed by atoms with Crippen LogP contribution in [0.1, 0.15) is 11.1 Å². The van der Waals surface area contributed by atoms with Crippen LogP contribution in [-0.4, -0.2) is 42.0 Å². The van der Waals surface area contributed by atoms with E-state index >= 15 is 0 Å². The maximum Gasteiger partial charge on any atom is 0.413 e. The number of aromatic nitrogens is 1. The van der Waals surface area contributed by atoms with Gasteiger partial charge in [0.1, 0.15) is 0 Å². The molecule has 1 aliphatic rings. The number of pyridine rings is 1. The fourth-order valence-corrected chi connectivity index (χ4v) is 6.91. The minimum atomic E-state index is -8.45. The van der Waals surface area contributed by atoms with Crippen LogP contribution < -0.4 is 0 Å². The zero-order valence-electron chi connectivity index (χ0n) is 23.5. The summed E-state index contributed by atoms with van der Waals surface area (Å²) in [5.41, 5.74) is -35.1. The van der Waals surface area contributed by atoms with Crippen molar-refractivity contribution in [2.45, 2.75) is 42.5 Å². The standard InChI is InChI=1S/C30H12F18N.Ir/c31-25(32,33)23(26(34,35)36,27(37,38)39)22(24(28(40,41)42,29(43,44)45)30(46,47)48)18-7-3-2-6-16(18)17-11-9-15(13-19(17)22)21-12-10-14-5-1-4-8-20(14)49-21;/h1-8,10-13H;/q-1;. The van der Waals surface area contributed by atoms with Crippen molar-refractivity contribution in [2.24, 2.45) is 10.8 Å². The second kappa shape index (κ2) is 11.5. The monoisotopic (exact) mass is 921 g/mol. The number of alkyl halides is 18. The number of halogens is 18. The third-order valence-electron chi connectivity index (χ3n) is 8.53. The molecule has 0 bridgehead atoms. The van der Waals surface area contributed by atoms with E-state index in [1.54, 1.807) is 0 Å². The Kier molecular flexibility index (Phi) is 9.01. The summed E-state index contributed by atoms with van der Waals surface area (Å²) >= 11 is 0. The summed E-state index contributed by atoms with van der Waals surface area (Å²) in [6.45, 7) is 0. The summed E-state index contributed by atoms with van der Waals surface area (Å²) in [6, 6.07) is 9.56. The molecule has 1 heterocycles. The van der Waals surface area contributed by atoms with Gasteiger partial charge in [0.05, 0.1) is 10.9 Å². The van der Waals surface area contributed by atoms with E-state index in [1.165, 1.54) is 24.3 Å². The van der Waals surface area contributed by atoms with Gasteiger partial charge in [0, 0.05) is 20.1 Å². The first-order chi connectivity index (χ1) is 22.1. The Balaban J connectivity index is 0.00000562. The maximum atomic E-state index is 15.0. The fraction of sp³-hybridized carbons (Fsp3) is 0.300. The number of para-hydroxylation sites is 1. The Hall–Kier alpha value is -3.54. The molecule has 0 aliphatic heterocycles. The van der Waals surface area contributed by atoms with Crippen molar-refractivity contribution < 1.29 is 99.1 Å². The molecule has 5 rings (SSSR count). The van der Waals surface area contributed by atoms with Crippen LogP contribution in [0.25, 0.3) is 33.3 Å². The first-order valence-corrected chi connectivity index (χ1v) is 13.1. The normalized spacial score (nSPS) is 15.8. The van der Waals surface area contributed by atoms with Crippen LogP contribution in [0.3, 0.4) is 0 Å². The van der Waals surface area contributed by atoms with Gasteiger partial charge < -0.3 is 0 Å². The van der Waals surface area contributed by atoms with Gasteiger partial charge in [0.25, 0.3) is 10.8 Å². The first kappa shape index (κ1) is 39.2. The van der Waals surface area contributed by atoms with E-state index in [-0.39, 0.29) is 49.2 Å². The molecular weight excluding hydrogens is 909 g/mol. The van der Waals surface area contributed by atoms with Crippen LogP contribution in [0.2, 0.25) is 0 Å². The third kappa shape index (κ3) is 4.79. The quantitative estimate of drug-likeness (QED) is 0.147. The third-order valence-corrected chi connectivity index (χ3v) is 8.53. The Bertz CT molecular complexity index is 1790. The Labute approximate surface area is 280 Å². The SMILES string of the molecule is FC(F)(F)C(C(F)(F)F)(C(F)(F)F)C1(C(C(F)(F)F)(C(F)(F)F)C(F)(F)F)c2ccccc2-c2c[c-]c(-c3ccc4ccccc4n3)cc21.[Ir]. The summed E-state index contributed by atoms with van der Waals surface area (Å²) in [5, 5.41) is 0.268. The number of hydrogen-bond acceptors (Lipinski definition) is 1. The molecule has 0 fully saturated rings. The molecule has 0 saturated heterocycles. The molecule has 50 heavy (non-hydrogen) atoms. The molecule has 20 heteroatoms. The van der Waals surface area contributed by atoms with Crippen molar-refractivity contribution in [2.75, 3.05) is 0 Å². The van der Waals surface area contributed by atoms with Gasteiger partial charge in [-0.2, -0.15) is 79.0 Å². The Morgan fingerprint density at radius 1 is 0.480 bits per heavy atom. The molecule has 0 spiro atoms. The predicted molar refractivity (Wildman–Crippen MR) is 133 cm³/mol. The maximum absolute atomic E-state index is 15.0. The average Bonchev–Trinajstić information content (AvgIpc) is 3.18. The van der Waals surface area contributed by atoms with Gasteiger partial charge in [-0.05, 0) is 22.7 Å². The number of rotatable bonds is 3. The molecule has 1 aromatic heterocycles. The van der Waals surface area contributed by atoms with Gasteiger partial charge in [-0.3, -0.25) is 4.98 Å². The van der Waals surface area contributed by atoms with E-state index < -0.39 is 98.9 Å². The largest absolute Gasteiger partial charge is 0.413 e. The minimum absolute atomic E-state index is 0. The second-order valence-electron chi connectivity index (χ2n) is 10.8. The molecule has 0 amide bonds. The van der Waals surface area contributed by atoms with Crippen LogP contribution in [0.5, 0.6) is 0 Å². The molecule has 0 atom stereocenters. The van der Waals surface area contributed by atoms with Crippen molar-refractivity contribution in [1.29, 1.82) is 0 Å². The molecule has 0 unspecified atom stereocenters. The number of fused-ring (bicyclic) bond motifs is 4. The van der Waals surface area contributed by atoms with E-state index in [2.05, 4.69) is 11.1 Å². The van der Waals surface area contributed by atoms with Gasteiger partial charge in [0.15, 0.2) is 0 Å². The molecule has 1 aliphatic carbocycles. The van der Waals surface area contributed by atoms with Crippen LogP contribution in [0.4, 0.5) is 79.0 Å². The first-order valence-electron chi connectivity index (χ1n) is 13.1. The summed E-state index contributed by atoms with van der Waals surface area (Å²) in [4.78, 5) is 3.92. The van der Waals surface area contributed by atoms with Crippen LogP contribution >= 0.6 is 0 Å². The van der Waals surface area contributed by atoms with Crippen molar-refractivity contribution in [1.82, 2.24) is 4.98 Å². The van der Waals surface area contributed by atoms with Crippen LogP contribution in [0.15, 0.2) is 72.8 Å².